The van der Waals surface area contributed by atoms with Gasteiger partial charge >= 0.3 is 0 Å². The SMILES string of the molecule is c1ccc(-c2cc(-c3ccc4c(c3)C35CCCC3(CCC5)c3cc(-c5cc(-c6ccccc6)c(-c6ccccc6)c(-c6ccccc6)c5-c5ccccc5)ccc3-4)c(-c3ccccc3)c(-c3ccccc3)c2-c2ccccc2)cc1. The third-order valence-electron chi connectivity index (χ3n) is 18.5. The third-order valence-corrected chi connectivity index (χ3v) is 18.5. The molecule has 0 radical (unpaired) electrons. The summed E-state index contributed by atoms with van der Waals surface area (Å²) in [6.45, 7) is 0. The Balaban J connectivity index is 0.993. The molecule has 3 aliphatic carbocycles. The van der Waals surface area contributed by atoms with E-state index in [0.29, 0.717) is 0 Å². The van der Waals surface area contributed by atoms with Crippen LogP contribution in [0.1, 0.15) is 49.7 Å². The molecule has 0 N–H and O–H groups in total. The molecule has 0 atom stereocenters. The average Bonchev–Trinajstić information content (AvgIpc) is 3.61. The first-order valence-electron chi connectivity index (χ1n) is 28.8. The standard InChI is InChI=1S/C80H60/c1-9-27-55(28-10-1)67-53-69(75(59-35-17-5-18-36-59)77(61-39-21-7-22-40-61)73(67)57-31-13-3-14-32-57)63-43-45-65-66-46-44-64(52-72(66)80-49-25-47-79(80,48-26-50-80)71(65)51-63)70-54-68(56-29-11-2-12-30-56)74(58-33-15-4-16-34-58)78(62-41-23-8-24-42-62)76(70)60-37-19-6-20-38-60/h1-24,27-46,51-54H,25-26,47-50H2. The van der Waals surface area contributed by atoms with Crippen LogP contribution < -0.4 is 0 Å². The predicted molar refractivity (Wildman–Crippen MR) is 337 cm³/mol. The first-order chi connectivity index (χ1) is 39.7. The molecule has 80 heavy (non-hydrogen) atoms. The van der Waals surface area contributed by atoms with Crippen LogP contribution in [0.25, 0.3) is 122 Å². The van der Waals surface area contributed by atoms with Crippen LogP contribution >= 0.6 is 0 Å². The Kier molecular flexibility index (Phi) is 11.9. The lowest BCUT2D eigenvalue weighted by molar-refractivity contribution is 0.299. The van der Waals surface area contributed by atoms with Crippen molar-refractivity contribution in [2.24, 2.45) is 0 Å². The Hall–Kier alpha value is -9.36. The molecule has 2 saturated carbocycles. The molecule has 0 amide bonds. The molecule has 12 aromatic carbocycles. The van der Waals surface area contributed by atoms with Gasteiger partial charge in [-0.05, 0) is 183 Å². The molecule has 0 saturated heterocycles. The summed E-state index contributed by atoms with van der Waals surface area (Å²) in [6, 6.07) is 109. The molecule has 0 nitrogen and oxygen atoms in total. The van der Waals surface area contributed by atoms with Gasteiger partial charge in [0.2, 0.25) is 0 Å². The van der Waals surface area contributed by atoms with Gasteiger partial charge in [-0.3, -0.25) is 0 Å². The summed E-state index contributed by atoms with van der Waals surface area (Å²) in [5.41, 5.74) is 30.9. The van der Waals surface area contributed by atoms with E-state index in [1.165, 1.54) is 161 Å². The second-order valence-corrected chi connectivity index (χ2v) is 22.5. The zero-order valence-corrected chi connectivity index (χ0v) is 45.0. The van der Waals surface area contributed by atoms with Crippen molar-refractivity contribution in [3.05, 3.63) is 302 Å². The molecule has 0 unspecified atom stereocenters. The van der Waals surface area contributed by atoms with E-state index in [1.54, 1.807) is 11.1 Å². The van der Waals surface area contributed by atoms with Gasteiger partial charge in [-0.25, -0.2) is 0 Å². The van der Waals surface area contributed by atoms with E-state index in [4.69, 9.17) is 0 Å². The Morgan fingerprint density at radius 2 is 0.400 bits per heavy atom. The van der Waals surface area contributed by atoms with Crippen LogP contribution in [0.15, 0.2) is 291 Å². The highest BCUT2D eigenvalue weighted by Gasteiger charge is 2.62. The van der Waals surface area contributed by atoms with Crippen LogP contribution in [0.5, 0.6) is 0 Å². The van der Waals surface area contributed by atoms with Crippen LogP contribution in [0, 0.1) is 0 Å². The van der Waals surface area contributed by atoms with Gasteiger partial charge in [-0.15, -0.1) is 0 Å². The van der Waals surface area contributed by atoms with Gasteiger partial charge in [0.05, 0.1) is 0 Å². The van der Waals surface area contributed by atoms with Crippen molar-refractivity contribution in [1.29, 1.82) is 0 Å². The van der Waals surface area contributed by atoms with Gasteiger partial charge in [-0.2, -0.15) is 0 Å². The smallest absolute Gasteiger partial charge is 0.00564 e. The van der Waals surface area contributed by atoms with E-state index < -0.39 is 0 Å². The molecule has 12 aromatic rings. The quantitative estimate of drug-likeness (QED) is 0.128. The monoisotopic (exact) mass is 1020 g/mol. The number of hydrogen-bond donors (Lipinski definition) is 0. The number of fused-ring (bicyclic) bond motifs is 3. The minimum Gasteiger partial charge on any atom is -0.0622 e. The zero-order chi connectivity index (χ0) is 53.0. The van der Waals surface area contributed by atoms with E-state index in [9.17, 15) is 0 Å². The van der Waals surface area contributed by atoms with Gasteiger partial charge < -0.3 is 0 Å². The van der Waals surface area contributed by atoms with Crippen molar-refractivity contribution < 1.29 is 0 Å². The summed E-state index contributed by atoms with van der Waals surface area (Å²) in [5, 5.41) is 0. The number of rotatable bonds is 10. The molecule has 2 fully saturated rings. The molecule has 380 valence electrons. The Morgan fingerprint density at radius 3 is 0.662 bits per heavy atom. The zero-order valence-electron chi connectivity index (χ0n) is 45.0. The highest BCUT2D eigenvalue weighted by Crippen LogP contribution is 2.70. The molecule has 0 spiro atoms. The van der Waals surface area contributed by atoms with E-state index in [-0.39, 0.29) is 10.8 Å². The normalized spacial score (nSPS) is 16.8. The van der Waals surface area contributed by atoms with E-state index >= 15 is 0 Å². The van der Waals surface area contributed by atoms with E-state index in [2.05, 4.69) is 291 Å². The average molecular weight is 1020 g/mol. The maximum Gasteiger partial charge on any atom is 0.00564 e. The lowest BCUT2D eigenvalue weighted by Gasteiger charge is -2.48. The second-order valence-electron chi connectivity index (χ2n) is 22.5. The molecule has 0 heteroatoms. The molecule has 0 bridgehead atoms. The fraction of sp³-hybridized carbons (Fsp3) is 0.100. The van der Waals surface area contributed by atoms with Gasteiger partial charge in [0.15, 0.2) is 0 Å². The first kappa shape index (κ1) is 47.8. The summed E-state index contributed by atoms with van der Waals surface area (Å²) < 4.78 is 0. The van der Waals surface area contributed by atoms with Crippen molar-refractivity contribution in [2.45, 2.75) is 49.4 Å². The molecule has 3 aliphatic rings. The number of benzene rings is 12. The lowest BCUT2D eigenvalue weighted by atomic mass is 9.55. The highest BCUT2D eigenvalue weighted by molar-refractivity contribution is 6.09. The summed E-state index contributed by atoms with van der Waals surface area (Å²) in [6.07, 6.45) is 7.26. The van der Waals surface area contributed by atoms with Crippen LogP contribution in [0.4, 0.5) is 0 Å². The van der Waals surface area contributed by atoms with E-state index in [1.807, 2.05) is 0 Å². The Morgan fingerprint density at radius 1 is 0.175 bits per heavy atom. The summed E-state index contributed by atoms with van der Waals surface area (Å²) in [5.74, 6) is 0. The third kappa shape index (κ3) is 7.72. The summed E-state index contributed by atoms with van der Waals surface area (Å²) >= 11 is 0. The topological polar surface area (TPSA) is 0 Å². The Labute approximate surface area is 471 Å². The van der Waals surface area contributed by atoms with Gasteiger partial charge in [-0.1, -0.05) is 280 Å². The van der Waals surface area contributed by atoms with Gasteiger partial charge in [0, 0.05) is 10.8 Å². The minimum absolute atomic E-state index is 0.0230. The molecule has 0 heterocycles. The van der Waals surface area contributed by atoms with Crippen molar-refractivity contribution in [3.8, 4) is 122 Å². The van der Waals surface area contributed by atoms with Crippen LogP contribution in [0.2, 0.25) is 0 Å². The number of hydrogen-bond acceptors (Lipinski definition) is 0. The van der Waals surface area contributed by atoms with Crippen molar-refractivity contribution in [2.75, 3.05) is 0 Å². The summed E-state index contributed by atoms with van der Waals surface area (Å²) in [7, 11) is 0. The van der Waals surface area contributed by atoms with Crippen LogP contribution in [0.3, 0.4) is 0 Å². The fourth-order valence-corrected chi connectivity index (χ4v) is 15.2. The maximum atomic E-state index is 2.68. The molecule has 0 aliphatic heterocycles. The van der Waals surface area contributed by atoms with Crippen LogP contribution in [-0.4, -0.2) is 0 Å². The maximum absolute atomic E-state index is 2.68. The van der Waals surface area contributed by atoms with E-state index in [0.717, 1.165) is 0 Å². The van der Waals surface area contributed by atoms with Crippen molar-refractivity contribution in [3.63, 3.8) is 0 Å². The van der Waals surface area contributed by atoms with Gasteiger partial charge in [0.1, 0.15) is 0 Å². The van der Waals surface area contributed by atoms with Gasteiger partial charge in [0.25, 0.3) is 0 Å². The lowest BCUT2D eigenvalue weighted by Crippen LogP contribution is -2.43. The summed E-state index contributed by atoms with van der Waals surface area (Å²) in [4.78, 5) is 0. The molecule has 0 aromatic heterocycles. The predicted octanol–water partition coefficient (Wildman–Crippen LogP) is 21.9. The molecular weight excluding hydrogens is 961 g/mol. The Bertz CT molecular complexity index is 3930. The van der Waals surface area contributed by atoms with Crippen molar-refractivity contribution in [1.82, 2.24) is 0 Å². The molecule has 15 rings (SSSR count). The molecular formula is C80H60. The van der Waals surface area contributed by atoms with Crippen LogP contribution in [-0.2, 0) is 10.8 Å². The second kappa shape index (κ2) is 19.8. The van der Waals surface area contributed by atoms with Crippen molar-refractivity contribution >= 4 is 0 Å². The minimum atomic E-state index is 0.0230. The first-order valence-corrected chi connectivity index (χ1v) is 28.8. The fourth-order valence-electron chi connectivity index (χ4n) is 15.2. The largest absolute Gasteiger partial charge is 0.0622 e. The highest BCUT2D eigenvalue weighted by atomic mass is 14.6.